The molecule has 6 heteroatoms. The van der Waals surface area contributed by atoms with Gasteiger partial charge in [0, 0.05) is 25.7 Å². The van der Waals surface area contributed by atoms with E-state index in [-0.39, 0.29) is 5.91 Å². The van der Waals surface area contributed by atoms with Crippen LogP contribution < -0.4 is 5.32 Å². The molecule has 0 radical (unpaired) electrons. The van der Waals surface area contributed by atoms with Crippen molar-refractivity contribution in [2.24, 2.45) is 0 Å². The van der Waals surface area contributed by atoms with Crippen molar-refractivity contribution in [2.45, 2.75) is 13.3 Å². The molecule has 2 heterocycles. The van der Waals surface area contributed by atoms with Gasteiger partial charge < -0.3 is 14.6 Å². The van der Waals surface area contributed by atoms with E-state index in [9.17, 15) is 4.79 Å². The summed E-state index contributed by atoms with van der Waals surface area (Å²) < 4.78 is 10.1. The van der Waals surface area contributed by atoms with Crippen LogP contribution >= 0.6 is 0 Å². The van der Waals surface area contributed by atoms with E-state index in [0.29, 0.717) is 18.0 Å². The zero-order valence-corrected chi connectivity index (χ0v) is 10.6. The van der Waals surface area contributed by atoms with Crippen LogP contribution in [0.3, 0.4) is 0 Å². The smallest absolute Gasteiger partial charge is 0.273 e. The molecule has 0 atom stereocenters. The Morgan fingerprint density at radius 2 is 2.28 bits per heavy atom. The Balaban J connectivity index is 1.61. The lowest BCUT2D eigenvalue weighted by Gasteiger charge is -2.26. The van der Waals surface area contributed by atoms with Crippen LogP contribution in [0.4, 0.5) is 0 Å². The summed E-state index contributed by atoms with van der Waals surface area (Å²) in [6.07, 6.45) is 0.933. The number of aryl methyl sites for hydroxylation is 1. The molecule has 0 aliphatic carbocycles. The minimum absolute atomic E-state index is 0.172. The standard InChI is InChI=1S/C12H19N3O3/c1-10-9-11(14-18-10)12(16)13-3-2-4-15-5-7-17-8-6-15/h9H,2-8H2,1H3,(H,13,16). The van der Waals surface area contributed by atoms with Crippen LogP contribution in [-0.2, 0) is 4.74 Å². The number of hydrogen-bond acceptors (Lipinski definition) is 5. The lowest BCUT2D eigenvalue weighted by molar-refractivity contribution is 0.0374. The van der Waals surface area contributed by atoms with E-state index in [2.05, 4.69) is 15.4 Å². The Morgan fingerprint density at radius 3 is 2.94 bits per heavy atom. The molecule has 1 aliphatic rings. The highest BCUT2D eigenvalue weighted by molar-refractivity contribution is 5.92. The number of nitrogens with zero attached hydrogens (tertiary/aromatic N) is 2. The molecule has 1 amide bonds. The number of hydrogen-bond donors (Lipinski definition) is 1. The summed E-state index contributed by atoms with van der Waals surface area (Å²) in [5.74, 6) is 0.474. The van der Waals surface area contributed by atoms with Crippen LogP contribution in [0, 0.1) is 6.92 Å². The van der Waals surface area contributed by atoms with Crippen LogP contribution in [0.25, 0.3) is 0 Å². The van der Waals surface area contributed by atoms with Gasteiger partial charge in [-0.05, 0) is 19.9 Å². The second kappa shape index (κ2) is 6.51. The summed E-state index contributed by atoms with van der Waals surface area (Å²) in [4.78, 5) is 14.0. The molecule has 1 saturated heterocycles. The van der Waals surface area contributed by atoms with Gasteiger partial charge in [-0.1, -0.05) is 5.16 Å². The summed E-state index contributed by atoms with van der Waals surface area (Å²) in [6, 6.07) is 1.64. The maximum Gasteiger partial charge on any atom is 0.273 e. The third kappa shape index (κ3) is 3.82. The molecular weight excluding hydrogens is 234 g/mol. The minimum atomic E-state index is -0.172. The van der Waals surface area contributed by atoms with Crippen molar-refractivity contribution in [3.63, 3.8) is 0 Å². The van der Waals surface area contributed by atoms with Crippen molar-refractivity contribution in [3.05, 3.63) is 17.5 Å². The lowest BCUT2D eigenvalue weighted by atomic mass is 10.3. The van der Waals surface area contributed by atoms with Gasteiger partial charge in [-0.25, -0.2) is 0 Å². The number of aromatic nitrogens is 1. The van der Waals surface area contributed by atoms with Crippen LogP contribution in [-0.4, -0.2) is 55.4 Å². The monoisotopic (exact) mass is 253 g/mol. The summed E-state index contributed by atoms with van der Waals surface area (Å²) in [5, 5.41) is 6.50. The molecule has 100 valence electrons. The number of amides is 1. The predicted molar refractivity (Wildman–Crippen MR) is 65.4 cm³/mol. The normalized spacial score (nSPS) is 16.7. The molecule has 18 heavy (non-hydrogen) atoms. The van der Waals surface area contributed by atoms with E-state index in [1.54, 1.807) is 13.0 Å². The van der Waals surface area contributed by atoms with Crippen LogP contribution in [0.2, 0.25) is 0 Å². The third-order valence-corrected chi connectivity index (χ3v) is 2.90. The van der Waals surface area contributed by atoms with E-state index >= 15 is 0 Å². The minimum Gasteiger partial charge on any atom is -0.379 e. The molecule has 1 aromatic rings. The summed E-state index contributed by atoms with van der Waals surface area (Å²) >= 11 is 0. The highest BCUT2D eigenvalue weighted by Gasteiger charge is 2.11. The molecule has 0 aromatic carbocycles. The van der Waals surface area contributed by atoms with E-state index in [1.807, 2.05) is 0 Å². The summed E-state index contributed by atoms with van der Waals surface area (Å²) in [5.41, 5.74) is 0.346. The first kappa shape index (κ1) is 13.0. The van der Waals surface area contributed by atoms with E-state index in [4.69, 9.17) is 9.26 Å². The van der Waals surface area contributed by atoms with Crippen molar-refractivity contribution in [1.29, 1.82) is 0 Å². The molecule has 1 N–H and O–H groups in total. The van der Waals surface area contributed by atoms with Crippen LogP contribution in [0.5, 0.6) is 0 Å². The molecule has 0 bridgehead atoms. The topological polar surface area (TPSA) is 67.6 Å². The molecule has 0 saturated carbocycles. The maximum atomic E-state index is 11.6. The first-order valence-electron chi connectivity index (χ1n) is 6.27. The predicted octanol–water partition coefficient (Wildman–Crippen LogP) is 0.435. The second-order valence-electron chi connectivity index (χ2n) is 4.39. The third-order valence-electron chi connectivity index (χ3n) is 2.90. The van der Waals surface area contributed by atoms with Crippen molar-refractivity contribution < 1.29 is 14.1 Å². The highest BCUT2D eigenvalue weighted by Crippen LogP contribution is 2.01. The fourth-order valence-corrected chi connectivity index (χ4v) is 1.89. The van der Waals surface area contributed by atoms with Gasteiger partial charge >= 0.3 is 0 Å². The Labute approximate surface area is 106 Å². The van der Waals surface area contributed by atoms with E-state index in [1.165, 1.54) is 0 Å². The van der Waals surface area contributed by atoms with Crippen molar-refractivity contribution in [1.82, 2.24) is 15.4 Å². The molecule has 1 aliphatic heterocycles. The van der Waals surface area contributed by atoms with Crippen molar-refractivity contribution in [3.8, 4) is 0 Å². The SMILES string of the molecule is Cc1cc(C(=O)NCCCN2CCOCC2)no1. The molecule has 1 aromatic heterocycles. The summed E-state index contributed by atoms with van der Waals surface area (Å²) in [7, 11) is 0. The van der Waals surface area contributed by atoms with Gasteiger partial charge in [0.25, 0.3) is 5.91 Å². The zero-order chi connectivity index (χ0) is 12.8. The number of carbonyl (C=O) groups excluding carboxylic acids is 1. The van der Waals surface area contributed by atoms with Gasteiger partial charge in [0.2, 0.25) is 0 Å². The quantitative estimate of drug-likeness (QED) is 0.771. The second-order valence-corrected chi connectivity index (χ2v) is 4.39. The molecule has 2 rings (SSSR count). The zero-order valence-electron chi connectivity index (χ0n) is 10.6. The molecule has 0 unspecified atom stereocenters. The number of nitrogens with one attached hydrogen (secondary N) is 1. The van der Waals surface area contributed by atoms with Gasteiger partial charge in [0.05, 0.1) is 13.2 Å². The fourth-order valence-electron chi connectivity index (χ4n) is 1.89. The Kier molecular flexibility index (Phi) is 4.72. The molecule has 6 nitrogen and oxygen atoms in total. The number of ether oxygens (including phenoxy) is 1. The molecule has 1 fully saturated rings. The van der Waals surface area contributed by atoms with Gasteiger partial charge in [-0.15, -0.1) is 0 Å². The van der Waals surface area contributed by atoms with E-state index < -0.39 is 0 Å². The maximum absolute atomic E-state index is 11.6. The number of rotatable bonds is 5. The Hall–Kier alpha value is -1.40. The van der Waals surface area contributed by atoms with Gasteiger partial charge in [-0.3, -0.25) is 9.69 Å². The summed E-state index contributed by atoms with van der Waals surface area (Å²) in [6.45, 7) is 6.99. The number of morpholine rings is 1. The molecule has 0 spiro atoms. The molecular formula is C12H19N3O3. The Morgan fingerprint density at radius 1 is 1.50 bits per heavy atom. The van der Waals surface area contributed by atoms with Crippen LogP contribution in [0.1, 0.15) is 22.7 Å². The fraction of sp³-hybridized carbons (Fsp3) is 0.667. The average Bonchev–Trinajstić information content (AvgIpc) is 2.82. The average molecular weight is 253 g/mol. The van der Waals surface area contributed by atoms with Gasteiger partial charge in [0.15, 0.2) is 5.69 Å². The highest BCUT2D eigenvalue weighted by atomic mass is 16.5. The van der Waals surface area contributed by atoms with Crippen molar-refractivity contribution in [2.75, 3.05) is 39.4 Å². The first-order valence-corrected chi connectivity index (χ1v) is 6.27. The first-order chi connectivity index (χ1) is 8.75. The Bertz CT molecular complexity index is 386. The largest absolute Gasteiger partial charge is 0.379 e. The van der Waals surface area contributed by atoms with Gasteiger partial charge in [0.1, 0.15) is 5.76 Å². The van der Waals surface area contributed by atoms with Crippen molar-refractivity contribution >= 4 is 5.91 Å². The van der Waals surface area contributed by atoms with Gasteiger partial charge in [-0.2, -0.15) is 0 Å². The number of carbonyl (C=O) groups is 1. The van der Waals surface area contributed by atoms with E-state index in [0.717, 1.165) is 39.3 Å². The van der Waals surface area contributed by atoms with Crippen LogP contribution in [0.15, 0.2) is 10.6 Å². The lowest BCUT2D eigenvalue weighted by Crippen LogP contribution is -2.38.